The highest BCUT2D eigenvalue weighted by Gasteiger charge is 2.20. The van der Waals surface area contributed by atoms with Crippen molar-refractivity contribution in [3.63, 3.8) is 0 Å². The molecule has 4 nitrogen and oxygen atoms in total. The topological polar surface area (TPSA) is 60.2 Å². The van der Waals surface area contributed by atoms with Gasteiger partial charge in [-0.3, -0.25) is 4.98 Å². The maximum Gasteiger partial charge on any atom is 0.0549 e. The Morgan fingerprint density at radius 3 is 2.88 bits per heavy atom. The van der Waals surface area contributed by atoms with Crippen molar-refractivity contribution in [3.05, 3.63) is 18.5 Å². The summed E-state index contributed by atoms with van der Waals surface area (Å²) < 4.78 is 5.36. The number of ether oxygens (including phenoxy) is 1. The Balaban J connectivity index is 1.93. The molecular formula is C12H19N3O. The van der Waals surface area contributed by atoms with Gasteiger partial charge < -0.3 is 15.8 Å². The van der Waals surface area contributed by atoms with Crippen LogP contribution in [0, 0.1) is 5.92 Å². The number of pyridine rings is 1. The van der Waals surface area contributed by atoms with Crippen molar-refractivity contribution in [1.82, 2.24) is 4.98 Å². The van der Waals surface area contributed by atoms with Crippen LogP contribution >= 0.6 is 0 Å². The second kappa shape index (κ2) is 5.16. The fraction of sp³-hybridized carbons (Fsp3) is 0.583. The van der Waals surface area contributed by atoms with Crippen molar-refractivity contribution >= 4 is 11.4 Å². The van der Waals surface area contributed by atoms with E-state index in [0.717, 1.165) is 31.7 Å². The summed E-state index contributed by atoms with van der Waals surface area (Å²) in [6.45, 7) is 3.97. The highest BCUT2D eigenvalue weighted by atomic mass is 16.5. The van der Waals surface area contributed by atoms with Crippen LogP contribution in [-0.2, 0) is 4.74 Å². The van der Waals surface area contributed by atoms with Crippen molar-refractivity contribution in [1.29, 1.82) is 0 Å². The quantitative estimate of drug-likeness (QED) is 0.818. The second-order valence-electron chi connectivity index (χ2n) is 4.39. The summed E-state index contributed by atoms with van der Waals surface area (Å²) in [5.41, 5.74) is 7.39. The SMILES string of the molecule is CC(Nc1cncc(N)c1)C1CCOCC1. The van der Waals surface area contributed by atoms with Crippen LogP contribution in [0.25, 0.3) is 0 Å². The van der Waals surface area contributed by atoms with E-state index in [2.05, 4.69) is 17.2 Å². The van der Waals surface area contributed by atoms with Crippen LogP contribution < -0.4 is 11.1 Å². The summed E-state index contributed by atoms with van der Waals surface area (Å²) in [6, 6.07) is 2.36. The first-order valence-corrected chi connectivity index (χ1v) is 5.80. The van der Waals surface area contributed by atoms with Crippen LogP contribution in [0.2, 0.25) is 0 Å². The van der Waals surface area contributed by atoms with Gasteiger partial charge in [0.15, 0.2) is 0 Å². The molecule has 1 aromatic heterocycles. The van der Waals surface area contributed by atoms with Crippen LogP contribution in [0.3, 0.4) is 0 Å². The van der Waals surface area contributed by atoms with Gasteiger partial charge in [-0.1, -0.05) is 0 Å². The number of nitrogens with one attached hydrogen (secondary N) is 1. The summed E-state index contributed by atoms with van der Waals surface area (Å²) in [5, 5.41) is 3.45. The molecule has 1 saturated heterocycles. The molecule has 16 heavy (non-hydrogen) atoms. The van der Waals surface area contributed by atoms with Gasteiger partial charge in [0, 0.05) is 25.5 Å². The molecule has 4 heteroatoms. The summed E-state index contributed by atoms with van der Waals surface area (Å²) in [5.74, 6) is 0.676. The van der Waals surface area contributed by atoms with E-state index in [9.17, 15) is 0 Å². The Morgan fingerprint density at radius 2 is 2.19 bits per heavy atom. The van der Waals surface area contributed by atoms with Gasteiger partial charge in [0.05, 0.1) is 17.6 Å². The van der Waals surface area contributed by atoms with Gasteiger partial charge in [-0.2, -0.15) is 0 Å². The number of nitrogen functional groups attached to an aromatic ring is 1. The molecule has 1 unspecified atom stereocenters. The van der Waals surface area contributed by atoms with Crippen molar-refractivity contribution in [2.24, 2.45) is 5.92 Å². The molecule has 1 aliphatic rings. The lowest BCUT2D eigenvalue weighted by atomic mass is 9.93. The molecule has 0 saturated carbocycles. The predicted molar refractivity (Wildman–Crippen MR) is 65.3 cm³/mol. The Bertz CT molecular complexity index is 337. The van der Waals surface area contributed by atoms with E-state index < -0.39 is 0 Å². The molecule has 0 amide bonds. The van der Waals surface area contributed by atoms with Crippen molar-refractivity contribution < 1.29 is 4.74 Å². The number of rotatable bonds is 3. The third-order valence-electron chi connectivity index (χ3n) is 3.13. The molecule has 1 atom stereocenters. The van der Waals surface area contributed by atoms with E-state index in [0.29, 0.717) is 17.6 Å². The Hall–Kier alpha value is -1.29. The standard InChI is InChI=1S/C12H19N3O/c1-9(10-2-4-16-5-3-10)15-12-6-11(13)7-14-8-12/h6-10,15H,2-5,13H2,1H3. The van der Waals surface area contributed by atoms with E-state index in [1.807, 2.05) is 12.3 Å². The minimum absolute atomic E-state index is 0.438. The van der Waals surface area contributed by atoms with Crippen LogP contribution in [0.15, 0.2) is 18.5 Å². The third-order valence-corrected chi connectivity index (χ3v) is 3.13. The summed E-state index contributed by atoms with van der Waals surface area (Å²) in [4.78, 5) is 4.07. The van der Waals surface area contributed by atoms with Crippen LogP contribution in [0.4, 0.5) is 11.4 Å². The lowest BCUT2D eigenvalue weighted by Crippen LogP contribution is -2.31. The molecule has 88 valence electrons. The zero-order valence-corrected chi connectivity index (χ0v) is 9.65. The van der Waals surface area contributed by atoms with E-state index in [-0.39, 0.29) is 0 Å². The molecule has 0 bridgehead atoms. The Labute approximate surface area is 96.2 Å². The average molecular weight is 221 g/mol. The molecule has 0 spiro atoms. The molecular weight excluding hydrogens is 202 g/mol. The first-order valence-electron chi connectivity index (χ1n) is 5.80. The van der Waals surface area contributed by atoms with E-state index in [1.54, 1.807) is 6.20 Å². The van der Waals surface area contributed by atoms with Gasteiger partial charge in [0.1, 0.15) is 0 Å². The third kappa shape index (κ3) is 2.85. The van der Waals surface area contributed by atoms with Crippen LogP contribution in [0.1, 0.15) is 19.8 Å². The summed E-state index contributed by atoms with van der Waals surface area (Å²) >= 11 is 0. The second-order valence-corrected chi connectivity index (χ2v) is 4.39. The highest BCUT2D eigenvalue weighted by molar-refractivity contribution is 5.51. The van der Waals surface area contributed by atoms with E-state index in [1.165, 1.54) is 0 Å². The van der Waals surface area contributed by atoms with Crippen LogP contribution in [0.5, 0.6) is 0 Å². The van der Waals surface area contributed by atoms with Crippen molar-refractivity contribution in [2.45, 2.75) is 25.8 Å². The fourth-order valence-corrected chi connectivity index (χ4v) is 2.13. The Kier molecular flexibility index (Phi) is 3.62. The maximum atomic E-state index is 5.69. The highest BCUT2D eigenvalue weighted by Crippen LogP contribution is 2.22. The van der Waals surface area contributed by atoms with Gasteiger partial charge in [-0.05, 0) is 31.7 Å². The van der Waals surface area contributed by atoms with E-state index >= 15 is 0 Å². The molecule has 1 fully saturated rings. The normalized spacial score (nSPS) is 19.3. The fourth-order valence-electron chi connectivity index (χ4n) is 2.13. The van der Waals surface area contributed by atoms with E-state index in [4.69, 9.17) is 10.5 Å². The van der Waals surface area contributed by atoms with Gasteiger partial charge in [-0.25, -0.2) is 0 Å². The minimum Gasteiger partial charge on any atom is -0.397 e. The smallest absolute Gasteiger partial charge is 0.0549 e. The number of nitrogens with two attached hydrogens (primary N) is 1. The first kappa shape index (κ1) is 11.2. The average Bonchev–Trinajstić information content (AvgIpc) is 2.30. The first-order chi connectivity index (χ1) is 7.75. The molecule has 1 aromatic rings. The zero-order chi connectivity index (χ0) is 11.4. The summed E-state index contributed by atoms with van der Waals surface area (Å²) in [7, 11) is 0. The molecule has 3 N–H and O–H groups in total. The largest absolute Gasteiger partial charge is 0.397 e. The minimum atomic E-state index is 0.438. The Morgan fingerprint density at radius 1 is 1.44 bits per heavy atom. The van der Waals surface area contributed by atoms with Crippen molar-refractivity contribution in [3.8, 4) is 0 Å². The maximum absolute atomic E-state index is 5.69. The number of hydrogen-bond acceptors (Lipinski definition) is 4. The monoisotopic (exact) mass is 221 g/mol. The van der Waals surface area contributed by atoms with Gasteiger partial charge in [0.25, 0.3) is 0 Å². The number of hydrogen-bond donors (Lipinski definition) is 2. The molecule has 0 aromatic carbocycles. The number of anilines is 2. The lowest BCUT2D eigenvalue weighted by molar-refractivity contribution is 0.0622. The van der Waals surface area contributed by atoms with Gasteiger partial charge in [-0.15, -0.1) is 0 Å². The predicted octanol–water partition coefficient (Wildman–Crippen LogP) is 1.89. The lowest BCUT2D eigenvalue weighted by Gasteiger charge is -2.29. The number of nitrogens with zero attached hydrogens (tertiary/aromatic N) is 1. The van der Waals surface area contributed by atoms with Crippen LogP contribution in [-0.4, -0.2) is 24.2 Å². The van der Waals surface area contributed by atoms with Gasteiger partial charge in [0.2, 0.25) is 0 Å². The van der Waals surface area contributed by atoms with Gasteiger partial charge >= 0.3 is 0 Å². The summed E-state index contributed by atoms with van der Waals surface area (Å²) in [6.07, 6.45) is 5.73. The molecule has 0 aliphatic carbocycles. The number of aromatic nitrogens is 1. The zero-order valence-electron chi connectivity index (χ0n) is 9.65. The van der Waals surface area contributed by atoms with Crippen molar-refractivity contribution in [2.75, 3.05) is 24.3 Å². The molecule has 1 aliphatic heterocycles. The molecule has 2 rings (SSSR count). The molecule has 2 heterocycles. The molecule has 0 radical (unpaired) electrons.